The molecule has 3 aliphatic carbocycles. The molecule has 4 aliphatic rings. The summed E-state index contributed by atoms with van der Waals surface area (Å²) in [5.41, 5.74) is -0.983. The van der Waals surface area contributed by atoms with Crippen LogP contribution in [0.5, 0.6) is 0 Å². The van der Waals surface area contributed by atoms with E-state index in [9.17, 15) is 26.4 Å². The number of rotatable bonds is 9. The summed E-state index contributed by atoms with van der Waals surface area (Å²) in [6.45, 7) is 3.24. The molecule has 7 nitrogen and oxygen atoms in total. The van der Waals surface area contributed by atoms with Gasteiger partial charge in [0.1, 0.15) is 5.84 Å². The molecule has 210 valence electrons. The zero-order valence-electron chi connectivity index (χ0n) is 21.6. The lowest BCUT2D eigenvalue weighted by molar-refractivity contribution is -0.151. The van der Waals surface area contributed by atoms with Crippen LogP contribution in [0.1, 0.15) is 45.1 Å². The van der Waals surface area contributed by atoms with Gasteiger partial charge in [-0.2, -0.15) is 17.5 Å². The molecular weight excluding hydrogens is 553 g/mol. The Balaban J connectivity index is 1.35. The van der Waals surface area contributed by atoms with Gasteiger partial charge in [-0.3, -0.25) is 9.79 Å². The number of halogens is 4. The Kier molecular flexibility index (Phi) is 6.79. The molecular formula is C27H30ClF3N4O3S. The third-order valence-corrected chi connectivity index (χ3v) is 10.2. The maximum absolute atomic E-state index is 13.8. The van der Waals surface area contributed by atoms with Crippen molar-refractivity contribution in [1.29, 1.82) is 0 Å². The Morgan fingerprint density at radius 1 is 1.10 bits per heavy atom. The number of benzene rings is 2. The van der Waals surface area contributed by atoms with Crippen molar-refractivity contribution < 1.29 is 26.4 Å². The molecule has 1 aliphatic heterocycles. The van der Waals surface area contributed by atoms with Crippen molar-refractivity contribution in [1.82, 2.24) is 14.9 Å². The molecule has 3 saturated carbocycles. The third-order valence-electron chi connectivity index (χ3n) is 7.94. The first-order valence-electron chi connectivity index (χ1n) is 12.7. The Bertz CT molecular complexity index is 1380. The van der Waals surface area contributed by atoms with Crippen molar-refractivity contribution in [2.24, 2.45) is 10.4 Å². The largest absolute Gasteiger partial charge is 0.390 e. The minimum atomic E-state index is -4.36. The second-order valence-corrected chi connectivity index (χ2v) is 13.7. The van der Waals surface area contributed by atoms with E-state index in [1.54, 1.807) is 60.6 Å². The summed E-state index contributed by atoms with van der Waals surface area (Å²) in [4.78, 5) is 17.5. The number of alkyl halides is 3. The zero-order chi connectivity index (χ0) is 28.3. The first-order valence-corrected chi connectivity index (χ1v) is 14.5. The van der Waals surface area contributed by atoms with E-state index in [-0.39, 0.29) is 11.4 Å². The molecule has 0 saturated heterocycles. The lowest BCUT2D eigenvalue weighted by atomic mass is 9.38. The topological polar surface area (TPSA) is 90.9 Å². The molecule has 6 rings (SSSR count). The van der Waals surface area contributed by atoms with Gasteiger partial charge in [-0.05, 0) is 62.9 Å². The van der Waals surface area contributed by atoms with Crippen molar-refractivity contribution >= 4 is 33.4 Å². The maximum atomic E-state index is 13.8. The van der Waals surface area contributed by atoms with E-state index >= 15 is 0 Å². The van der Waals surface area contributed by atoms with E-state index in [0.717, 1.165) is 5.56 Å². The van der Waals surface area contributed by atoms with Gasteiger partial charge in [-0.1, -0.05) is 41.9 Å². The normalized spacial score (nSPS) is 27.3. The summed E-state index contributed by atoms with van der Waals surface area (Å²) in [7, 11) is -3.83. The van der Waals surface area contributed by atoms with E-state index < -0.39 is 57.6 Å². The fourth-order valence-corrected chi connectivity index (χ4v) is 7.91. The standard InChI is InChI=1S/C27H30ClF3N4O3S/c1-24(2)21(22(36)32-13-12-27(29,30)31)33-23(34-24)25-15-26(16-25,17-25)35(14-18-8-10-19(28)11-9-18)39(37,38)20-6-4-3-5-7-20/h3-11,21H,12-17H2,1-2H3,(H,32,36)(H,33,34). The fraction of sp³-hybridized carbons (Fsp3) is 0.481. The summed E-state index contributed by atoms with van der Waals surface area (Å²) < 4.78 is 66.8. The van der Waals surface area contributed by atoms with Crippen LogP contribution in [-0.4, -0.2) is 54.3 Å². The quantitative estimate of drug-likeness (QED) is 0.450. The molecule has 0 aromatic heterocycles. The van der Waals surface area contributed by atoms with Crippen molar-refractivity contribution in [3.63, 3.8) is 0 Å². The van der Waals surface area contributed by atoms with Gasteiger partial charge >= 0.3 is 6.18 Å². The lowest BCUT2D eigenvalue weighted by Crippen LogP contribution is -2.78. The molecule has 2 N–H and O–H groups in total. The number of sulfonamides is 1. The Morgan fingerprint density at radius 3 is 2.31 bits per heavy atom. The van der Waals surface area contributed by atoms with E-state index in [1.807, 2.05) is 12.1 Å². The zero-order valence-corrected chi connectivity index (χ0v) is 23.1. The highest BCUT2D eigenvalue weighted by atomic mass is 35.5. The van der Waals surface area contributed by atoms with Gasteiger partial charge in [0.2, 0.25) is 15.9 Å². The predicted molar refractivity (Wildman–Crippen MR) is 142 cm³/mol. The van der Waals surface area contributed by atoms with Gasteiger partial charge in [-0.25, -0.2) is 8.42 Å². The number of carbonyl (C=O) groups excluding carboxylic acids is 1. The second kappa shape index (κ2) is 9.49. The van der Waals surface area contributed by atoms with Crippen molar-refractivity contribution in [2.45, 2.75) is 74.3 Å². The molecule has 0 spiro atoms. The highest BCUT2D eigenvalue weighted by Crippen LogP contribution is 2.71. The number of carbonyl (C=O) groups is 1. The number of hydrogen-bond acceptors (Lipinski definition) is 5. The maximum Gasteiger partial charge on any atom is 0.390 e. The first-order chi connectivity index (χ1) is 18.2. The Labute approximate surface area is 230 Å². The van der Waals surface area contributed by atoms with Crippen LogP contribution in [0.15, 0.2) is 64.5 Å². The summed E-state index contributed by atoms with van der Waals surface area (Å²) in [5.74, 6) is 0.0537. The van der Waals surface area contributed by atoms with E-state index in [2.05, 4.69) is 15.6 Å². The van der Waals surface area contributed by atoms with Gasteiger partial charge < -0.3 is 10.6 Å². The molecule has 3 fully saturated rings. The van der Waals surface area contributed by atoms with Crippen LogP contribution >= 0.6 is 11.6 Å². The molecule has 39 heavy (non-hydrogen) atoms. The fourth-order valence-electron chi connectivity index (χ4n) is 6.01. The number of aliphatic imine (C=N–C) groups is 1. The molecule has 1 unspecified atom stereocenters. The van der Waals surface area contributed by atoms with Crippen LogP contribution in [0, 0.1) is 5.41 Å². The summed E-state index contributed by atoms with van der Waals surface area (Å²) in [5, 5.41) is 6.23. The van der Waals surface area contributed by atoms with Crippen LogP contribution in [0.3, 0.4) is 0 Å². The average molecular weight is 583 g/mol. The molecule has 1 heterocycles. The van der Waals surface area contributed by atoms with Gasteiger partial charge in [0.25, 0.3) is 0 Å². The molecule has 1 amide bonds. The average Bonchev–Trinajstić information content (AvgIpc) is 3.12. The molecule has 2 bridgehead atoms. The predicted octanol–water partition coefficient (Wildman–Crippen LogP) is 4.67. The molecule has 0 radical (unpaired) electrons. The number of nitrogens with one attached hydrogen (secondary N) is 2. The smallest absolute Gasteiger partial charge is 0.366 e. The number of amidine groups is 1. The van der Waals surface area contributed by atoms with E-state index in [1.165, 1.54) is 0 Å². The summed E-state index contributed by atoms with van der Waals surface area (Å²) >= 11 is 6.04. The Hall–Kier alpha value is -2.63. The molecule has 2 aromatic rings. The number of amides is 1. The SMILES string of the molecule is CC1(C)NC(C23CC(N(Cc4ccc(Cl)cc4)S(=O)(=O)c4ccccc4)(C2)C3)=NC1C(=O)NCCC(F)(F)F. The van der Waals surface area contributed by atoms with Crippen LogP contribution in [0.2, 0.25) is 5.02 Å². The van der Waals surface area contributed by atoms with Gasteiger partial charge in [0, 0.05) is 29.1 Å². The highest BCUT2D eigenvalue weighted by Gasteiger charge is 2.75. The van der Waals surface area contributed by atoms with Crippen molar-refractivity contribution in [2.75, 3.05) is 6.54 Å². The van der Waals surface area contributed by atoms with Gasteiger partial charge in [0.05, 0.1) is 16.9 Å². The van der Waals surface area contributed by atoms with Crippen molar-refractivity contribution in [3.8, 4) is 0 Å². The monoisotopic (exact) mass is 582 g/mol. The van der Waals surface area contributed by atoms with Crippen LogP contribution in [0.4, 0.5) is 13.2 Å². The van der Waals surface area contributed by atoms with E-state index in [0.29, 0.717) is 30.1 Å². The Morgan fingerprint density at radius 2 is 1.72 bits per heavy atom. The molecule has 1 atom stereocenters. The number of nitrogens with zero attached hydrogens (tertiary/aromatic N) is 2. The number of hydrogen-bond donors (Lipinski definition) is 2. The first kappa shape index (κ1) is 27.9. The highest BCUT2D eigenvalue weighted by molar-refractivity contribution is 7.89. The van der Waals surface area contributed by atoms with Crippen LogP contribution < -0.4 is 10.6 Å². The van der Waals surface area contributed by atoms with Gasteiger partial charge in [0.15, 0.2) is 6.04 Å². The summed E-state index contributed by atoms with van der Waals surface area (Å²) in [6.07, 6.45) is -3.87. The molecule has 2 aromatic carbocycles. The summed E-state index contributed by atoms with van der Waals surface area (Å²) in [6, 6.07) is 14.5. The van der Waals surface area contributed by atoms with Crippen LogP contribution in [0.25, 0.3) is 0 Å². The van der Waals surface area contributed by atoms with Crippen molar-refractivity contribution in [3.05, 3.63) is 65.2 Å². The second-order valence-electron chi connectivity index (χ2n) is 11.4. The third kappa shape index (κ3) is 5.16. The van der Waals surface area contributed by atoms with Gasteiger partial charge in [-0.15, -0.1) is 0 Å². The van der Waals surface area contributed by atoms with E-state index in [4.69, 9.17) is 11.6 Å². The minimum Gasteiger partial charge on any atom is -0.366 e. The minimum absolute atomic E-state index is 0.181. The van der Waals surface area contributed by atoms with Crippen LogP contribution in [-0.2, 0) is 21.4 Å². The lowest BCUT2D eigenvalue weighted by Gasteiger charge is -2.73. The molecule has 12 heteroatoms.